The van der Waals surface area contributed by atoms with Gasteiger partial charge < -0.3 is 14.8 Å². The van der Waals surface area contributed by atoms with Gasteiger partial charge in [-0.25, -0.2) is 9.59 Å². The lowest BCUT2D eigenvalue weighted by Gasteiger charge is -2.11. The van der Waals surface area contributed by atoms with E-state index < -0.39 is 22.8 Å². The lowest BCUT2D eigenvalue weighted by molar-refractivity contribution is -0.384. The molecule has 0 aromatic heterocycles. The molecule has 0 fully saturated rings. The Balaban J connectivity index is 2.22. The van der Waals surface area contributed by atoms with Crippen LogP contribution >= 0.6 is 0 Å². The van der Waals surface area contributed by atoms with E-state index in [0.717, 1.165) is 0 Å². The molecule has 2 aromatic carbocycles. The molecule has 0 aliphatic rings. The third-order valence-corrected chi connectivity index (χ3v) is 3.63. The summed E-state index contributed by atoms with van der Waals surface area (Å²) in [6.45, 7) is 0. The number of carbonyl (C=O) groups is 3. The fourth-order valence-corrected chi connectivity index (χ4v) is 2.30. The summed E-state index contributed by atoms with van der Waals surface area (Å²) >= 11 is 0. The highest BCUT2D eigenvalue weighted by Crippen LogP contribution is 2.20. The first kappa shape index (κ1) is 19.6. The fourth-order valence-electron chi connectivity index (χ4n) is 2.30. The van der Waals surface area contributed by atoms with Crippen molar-refractivity contribution in [3.05, 3.63) is 69.3 Å². The topological polar surface area (TPSA) is 125 Å². The maximum Gasteiger partial charge on any atom is 0.339 e. The van der Waals surface area contributed by atoms with Crippen molar-refractivity contribution in [3.8, 4) is 0 Å². The van der Waals surface area contributed by atoms with Crippen molar-refractivity contribution in [2.24, 2.45) is 0 Å². The zero-order valence-corrected chi connectivity index (χ0v) is 14.6. The molecule has 27 heavy (non-hydrogen) atoms. The van der Waals surface area contributed by atoms with Gasteiger partial charge in [-0.1, -0.05) is 12.1 Å². The van der Waals surface area contributed by atoms with Crippen molar-refractivity contribution in [1.82, 2.24) is 0 Å². The van der Waals surface area contributed by atoms with Crippen molar-refractivity contribution in [3.63, 3.8) is 0 Å². The van der Waals surface area contributed by atoms with Crippen LogP contribution < -0.4 is 5.32 Å². The Bertz CT molecular complexity index is 891. The molecule has 0 bridgehead atoms. The molecule has 0 saturated heterocycles. The number of amides is 1. The van der Waals surface area contributed by atoms with Gasteiger partial charge in [0.1, 0.15) is 0 Å². The van der Waals surface area contributed by atoms with Crippen LogP contribution in [0.2, 0.25) is 0 Å². The van der Waals surface area contributed by atoms with Crippen LogP contribution in [-0.4, -0.2) is 37.0 Å². The van der Waals surface area contributed by atoms with Crippen LogP contribution in [0.1, 0.15) is 26.3 Å². The lowest BCUT2D eigenvalue weighted by Crippen LogP contribution is -2.18. The molecule has 2 aromatic rings. The van der Waals surface area contributed by atoms with Crippen molar-refractivity contribution in [2.45, 2.75) is 6.42 Å². The van der Waals surface area contributed by atoms with E-state index in [4.69, 9.17) is 0 Å². The molecular formula is C18H16N2O7. The highest BCUT2D eigenvalue weighted by atomic mass is 16.6. The van der Waals surface area contributed by atoms with Crippen LogP contribution in [0, 0.1) is 10.1 Å². The highest BCUT2D eigenvalue weighted by molar-refractivity contribution is 6.03. The first-order valence-corrected chi connectivity index (χ1v) is 7.69. The van der Waals surface area contributed by atoms with Crippen molar-refractivity contribution in [2.75, 3.05) is 19.5 Å². The van der Waals surface area contributed by atoms with Gasteiger partial charge in [-0.2, -0.15) is 0 Å². The van der Waals surface area contributed by atoms with Crippen LogP contribution in [-0.2, 0) is 20.7 Å². The molecule has 0 heterocycles. The zero-order valence-electron chi connectivity index (χ0n) is 14.6. The number of nitrogens with one attached hydrogen (secondary N) is 1. The smallest absolute Gasteiger partial charge is 0.339 e. The summed E-state index contributed by atoms with van der Waals surface area (Å²) in [6, 6.07) is 9.55. The standard InChI is InChI=1S/C18H16N2O7/c1-26-17(22)12-5-8-14(18(23)27-2)15(10-12)19-16(21)9-11-3-6-13(7-4-11)20(24)25/h3-8,10H,9H2,1-2H3,(H,19,21). The number of nitro groups is 1. The summed E-state index contributed by atoms with van der Waals surface area (Å²) in [7, 11) is 2.41. The average molecular weight is 372 g/mol. The Morgan fingerprint density at radius 1 is 1.00 bits per heavy atom. The van der Waals surface area contributed by atoms with E-state index in [2.05, 4.69) is 14.8 Å². The molecule has 9 nitrogen and oxygen atoms in total. The Kier molecular flexibility index (Phi) is 6.21. The summed E-state index contributed by atoms with van der Waals surface area (Å²) < 4.78 is 9.30. The van der Waals surface area contributed by atoms with Gasteiger partial charge in [0, 0.05) is 12.1 Å². The summed E-state index contributed by atoms with van der Waals surface area (Å²) in [6.07, 6.45) is -0.0823. The van der Waals surface area contributed by atoms with Crippen LogP contribution in [0.15, 0.2) is 42.5 Å². The van der Waals surface area contributed by atoms with E-state index in [1.165, 1.54) is 56.7 Å². The quantitative estimate of drug-likeness (QED) is 0.469. The molecule has 0 atom stereocenters. The molecule has 0 aliphatic carbocycles. The highest BCUT2D eigenvalue weighted by Gasteiger charge is 2.17. The van der Waals surface area contributed by atoms with E-state index in [1.807, 2.05) is 0 Å². The van der Waals surface area contributed by atoms with Gasteiger partial charge in [0.25, 0.3) is 5.69 Å². The number of carbonyl (C=O) groups excluding carboxylic acids is 3. The second-order valence-electron chi connectivity index (χ2n) is 5.39. The van der Waals surface area contributed by atoms with Gasteiger partial charge in [-0.3, -0.25) is 14.9 Å². The minimum Gasteiger partial charge on any atom is -0.465 e. The molecule has 0 aliphatic heterocycles. The summed E-state index contributed by atoms with van der Waals surface area (Å²) in [4.78, 5) is 46.0. The first-order chi connectivity index (χ1) is 12.8. The van der Waals surface area contributed by atoms with Crippen LogP contribution in [0.4, 0.5) is 11.4 Å². The molecule has 1 amide bonds. The number of methoxy groups -OCH3 is 2. The zero-order chi connectivity index (χ0) is 20.0. The largest absolute Gasteiger partial charge is 0.465 e. The summed E-state index contributed by atoms with van der Waals surface area (Å²) in [5.74, 6) is -1.79. The second-order valence-corrected chi connectivity index (χ2v) is 5.39. The Hall–Kier alpha value is -3.75. The summed E-state index contributed by atoms with van der Waals surface area (Å²) in [5, 5.41) is 13.2. The van der Waals surface area contributed by atoms with Gasteiger partial charge in [-0.05, 0) is 23.8 Å². The molecule has 0 spiro atoms. The first-order valence-electron chi connectivity index (χ1n) is 7.69. The number of anilines is 1. The van der Waals surface area contributed by atoms with Gasteiger partial charge in [0.15, 0.2) is 0 Å². The van der Waals surface area contributed by atoms with Gasteiger partial charge in [0.2, 0.25) is 5.91 Å². The SMILES string of the molecule is COC(=O)c1ccc(C(=O)OC)c(NC(=O)Cc2ccc([N+](=O)[O-])cc2)c1. The monoisotopic (exact) mass is 372 g/mol. The summed E-state index contributed by atoms with van der Waals surface area (Å²) in [5.41, 5.74) is 0.773. The van der Waals surface area contributed by atoms with E-state index in [9.17, 15) is 24.5 Å². The third-order valence-electron chi connectivity index (χ3n) is 3.63. The number of nitro benzene ring substituents is 1. The number of nitrogens with zero attached hydrogens (tertiary/aromatic N) is 1. The van der Waals surface area contributed by atoms with E-state index in [-0.39, 0.29) is 28.9 Å². The third kappa shape index (κ3) is 4.88. The molecule has 1 N–H and O–H groups in total. The minimum atomic E-state index is -0.683. The van der Waals surface area contributed by atoms with E-state index >= 15 is 0 Å². The number of rotatable bonds is 6. The fraction of sp³-hybridized carbons (Fsp3) is 0.167. The maximum atomic E-state index is 12.3. The van der Waals surface area contributed by atoms with Crippen molar-refractivity contribution in [1.29, 1.82) is 0 Å². The Labute approximate surface area is 154 Å². The van der Waals surface area contributed by atoms with Gasteiger partial charge >= 0.3 is 11.9 Å². The Morgan fingerprint density at radius 3 is 2.19 bits per heavy atom. The van der Waals surface area contributed by atoms with Crippen LogP contribution in [0.25, 0.3) is 0 Å². The van der Waals surface area contributed by atoms with Gasteiger partial charge in [0.05, 0.1) is 42.4 Å². The number of hydrogen-bond acceptors (Lipinski definition) is 7. The predicted octanol–water partition coefficient (Wildman–Crippen LogP) is 2.35. The van der Waals surface area contributed by atoms with E-state index in [1.54, 1.807) is 0 Å². The van der Waals surface area contributed by atoms with Crippen molar-refractivity contribution >= 4 is 29.2 Å². The Morgan fingerprint density at radius 2 is 1.63 bits per heavy atom. The van der Waals surface area contributed by atoms with Crippen molar-refractivity contribution < 1.29 is 28.8 Å². The number of esters is 2. The number of benzene rings is 2. The number of non-ortho nitro benzene ring substituents is 1. The van der Waals surface area contributed by atoms with Crippen LogP contribution in [0.5, 0.6) is 0 Å². The number of hydrogen-bond donors (Lipinski definition) is 1. The van der Waals surface area contributed by atoms with E-state index in [0.29, 0.717) is 5.56 Å². The minimum absolute atomic E-state index is 0.0715. The molecule has 2 rings (SSSR count). The maximum absolute atomic E-state index is 12.3. The molecular weight excluding hydrogens is 356 g/mol. The van der Waals surface area contributed by atoms with Crippen LogP contribution in [0.3, 0.4) is 0 Å². The predicted molar refractivity (Wildman–Crippen MR) is 94.6 cm³/mol. The van der Waals surface area contributed by atoms with Gasteiger partial charge in [-0.15, -0.1) is 0 Å². The second kappa shape index (κ2) is 8.56. The molecule has 0 saturated carbocycles. The number of ether oxygens (including phenoxy) is 2. The molecule has 9 heteroatoms. The normalized spacial score (nSPS) is 10.0. The lowest BCUT2D eigenvalue weighted by atomic mass is 10.1. The molecule has 0 radical (unpaired) electrons. The molecule has 140 valence electrons. The molecule has 0 unspecified atom stereocenters. The average Bonchev–Trinajstić information content (AvgIpc) is 2.67.